The van der Waals surface area contributed by atoms with Crippen LogP contribution in [0, 0.1) is 50.7 Å². The Morgan fingerprint density at radius 3 is 2.24 bits per heavy atom. The molecule has 4 heteroatoms. The molecular weight excluding hydrogens is 424 g/mol. The fourth-order valence-corrected chi connectivity index (χ4v) is 10.8. The van der Waals surface area contributed by atoms with Crippen molar-refractivity contribution in [2.45, 2.75) is 118 Å². The van der Waals surface area contributed by atoms with E-state index in [1.807, 2.05) is 6.92 Å². The van der Waals surface area contributed by atoms with Gasteiger partial charge in [-0.15, -0.1) is 0 Å². The monoisotopic (exact) mass is 472 g/mol. The summed E-state index contributed by atoms with van der Waals surface area (Å²) in [6, 6.07) is 0. The Hall–Kier alpha value is -0.870. The van der Waals surface area contributed by atoms with Crippen LogP contribution in [0.5, 0.6) is 0 Å². The van der Waals surface area contributed by atoms with Gasteiger partial charge in [0, 0.05) is 5.92 Å². The second kappa shape index (κ2) is 7.12. The highest BCUT2D eigenvalue weighted by molar-refractivity contribution is 5.77. The number of hydrogen-bond donors (Lipinski definition) is 3. The molecule has 5 aliphatic rings. The zero-order valence-electron chi connectivity index (χ0n) is 22.6. The summed E-state index contributed by atoms with van der Waals surface area (Å²) in [5.74, 6) is 0.0848. The highest BCUT2D eigenvalue weighted by Gasteiger charge is 2.71. The first kappa shape index (κ1) is 24.8. The van der Waals surface area contributed by atoms with E-state index in [2.05, 4.69) is 47.6 Å². The van der Waals surface area contributed by atoms with Crippen LogP contribution in [0.1, 0.15) is 106 Å². The molecule has 0 aromatic heterocycles. The predicted molar refractivity (Wildman–Crippen MR) is 134 cm³/mol. The molecule has 4 nitrogen and oxygen atoms in total. The normalized spacial score (nSPS) is 56.3. The topological polar surface area (TPSA) is 77.8 Å². The van der Waals surface area contributed by atoms with Crippen LogP contribution < -0.4 is 0 Å². The Morgan fingerprint density at radius 2 is 1.59 bits per heavy atom. The molecule has 0 aliphatic heterocycles. The van der Waals surface area contributed by atoms with Gasteiger partial charge in [0.25, 0.3) is 0 Å². The summed E-state index contributed by atoms with van der Waals surface area (Å²) in [5, 5.41) is 33.3. The first-order valence-electron chi connectivity index (χ1n) is 13.9. The molecule has 0 aromatic rings. The lowest BCUT2D eigenvalue weighted by Gasteiger charge is -2.71. The van der Waals surface area contributed by atoms with Gasteiger partial charge < -0.3 is 15.3 Å². The molecule has 0 bridgehead atoms. The van der Waals surface area contributed by atoms with E-state index in [1.54, 1.807) is 0 Å². The molecule has 192 valence electrons. The molecule has 0 amide bonds. The van der Waals surface area contributed by atoms with E-state index in [9.17, 15) is 20.1 Å². The van der Waals surface area contributed by atoms with Crippen LogP contribution in [-0.4, -0.2) is 33.0 Å². The Bertz CT molecular complexity index is 919. The number of aliphatic carboxylic acids is 1. The molecular formula is C30H48O4. The third-order valence-corrected chi connectivity index (χ3v) is 13.5. The first-order chi connectivity index (χ1) is 15.6. The van der Waals surface area contributed by atoms with Gasteiger partial charge in [-0.2, -0.15) is 0 Å². The fraction of sp³-hybridized carbons (Fsp3) is 0.900. The molecule has 0 saturated heterocycles. The van der Waals surface area contributed by atoms with Crippen molar-refractivity contribution in [3.8, 4) is 0 Å². The molecule has 0 aromatic carbocycles. The van der Waals surface area contributed by atoms with E-state index in [0.29, 0.717) is 24.7 Å². The van der Waals surface area contributed by atoms with Crippen molar-refractivity contribution in [3.05, 3.63) is 11.6 Å². The number of rotatable bonds is 1. The maximum absolute atomic E-state index is 12.8. The third-order valence-electron chi connectivity index (χ3n) is 13.5. The third kappa shape index (κ3) is 2.71. The Morgan fingerprint density at radius 1 is 0.912 bits per heavy atom. The minimum atomic E-state index is -1.01. The van der Waals surface area contributed by atoms with Crippen molar-refractivity contribution in [2.75, 3.05) is 0 Å². The number of aliphatic hydroxyl groups excluding tert-OH is 1. The average Bonchev–Trinajstić information content (AvgIpc) is 2.74. The molecule has 10 atom stereocenters. The maximum Gasteiger partial charge on any atom is 0.310 e. The van der Waals surface area contributed by atoms with Gasteiger partial charge in [0.1, 0.15) is 0 Å². The van der Waals surface area contributed by atoms with Crippen LogP contribution in [0.3, 0.4) is 0 Å². The number of allylic oxidation sites excluding steroid dienone is 1. The molecule has 0 heterocycles. The Kier molecular flexibility index (Phi) is 5.20. The molecule has 5 rings (SSSR count). The minimum absolute atomic E-state index is 0.0716. The first-order valence-corrected chi connectivity index (χ1v) is 13.9. The summed E-state index contributed by atoms with van der Waals surface area (Å²) in [6.07, 6.45) is 10.3. The summed E-state index contributed by atoms with van der Waals surface area (Å²) in [6.45, 7) is 16.0. The summed E-state index contributed by atoms with van der Waals surface area (Å²) in [7, 11) is 0. The van der Waals surface area contributed by atoms with Gasteiger partial charge in [0.05, 0.1) is 17.1 Å². The maximum atomic E-state index is 12.8. The molecule has 4 saturated carbocycles. The quantitative estimate of drug-likeness (QED) is 0.397. The lowest BCUT2D eigenvalue weighted by molar-refractivity contribution is -0.217. The van der Waals surface area contributed by atoms with Crippen LogP contribution in [0.4, 0.5) is 0 Å². The van der Waals surface area contributed by atoms with E-state index in [1.165, 1.54) is 5.57 Å². The second-order valence-corrected chi connectivity index (χ2v) is 14.7. The Labute approximate surface area is 206 Å². The zero-order chi connectivity index (χ0) is 25.1. The van der Waals surface area contributed by atoms with Crippen molar-refractivity contribution in [2.24, 2.45) is 50.7 Å². The molecule has 1 unspecified atom stereocenters. The van der Waals surface area contributed by atoms with Gasteiger partial charge in [-0.3, -0.25) is 4.79 Å². The van der Waals surface area contributed by atoms with Crippen LogP contribution in [0.25, 0.3) is 0 Å². The highest BCUT2D eigenvalue weighted by Crippen LogP contribution is 2.76. The van der Waals surface area contributed by atoms with E-state index in [4.69, 9.17) is 0 Å². The summed E-state index contributed by atoms with van der Waals surface area (Å²) in [5.41, 5.74) is -0.532. The van der Waals surface area contributed by atoms with Crippen molar-refractivity contribution in [3.63, 3.8) is 0 Å². The van der Waals surface area contributed by atoms with E-state index >= 15 is 0 Å². The lowest BCUT2D eigenvalue weighted by atomic mass is 9.33. The van der Waals surface area contributed by atoms with Crippen molar-refractivity contribution in [1.29, 1.82) is 0 Å². The highest BCUT2D eigenvalue weighted by atomic mass is 16.4. The van der Waals surface area contributed by atoms with Gasteiger partial charge >= 0.3 is 5.97 Å². The Balaban J connectivity index is 1.64. The number of hydrogen-bond acceptors (Lipinski definition) is 3. The molecule has 4 fully saturated rings. The van der Waals surface area contributed by atoms with E-state index in [-0.39, 0.29) is 39.6 Å². The van der Waals surface area contributed by atoms with E-state index in [0.717, 1.165) is 44.9 Å². The molecule has 0 radical (unpaired) electrons. The van der Waals surface area contributed by atoms with E-state index < -0.39 is 17.0 Å². The van der Waals surface area contributed by atoms with Gasteiger partial charge in [-0.25, -0.2) is 0 Å². The largest absolute Gasteiger partial charge is 0.481 e. The van der Waals surface area contributed by atoms with Gasteiger partial charge in [-0.1, -0.05) is 53.2 Å². The predicted octanol–water partition coefficient (Wildman–Crippen LogP) is 6.20. The van der Waals surface area contributed by atoms with Crippen LogP contribution in [0.2, 0.25) is 0 Å². The van der Waals surface area contributed by atoms with Crippen molar-refractivity contribution in [1.82, 2.24) is 0 Å². The lowest BCUT2D eigenvalue weighted by Crippen LogP contribution is -2.67. The average molecular weight is 473 g/mol. The van der Waals surface area contributed by atoms with Crippen LogP contribution in [0.15, 0.2) is 11.6 Å². The smallest absolute Gasteiger partial charge is 0.310 e. The summed E-state index contributed by atoms with van der Waals surface area (Å²) >= 11 is 0. The number of aliphatic hydroxyl groups is 2. The molecule has 0 spiro atoms. The van der Waals surface area contributed by atoms with Crippen molar-refractivity contribution < 1.29 is 20.1 Å². The molecule has 34 heavy (non-hydrogen) atoms. The SMILES string of the molecule is C[C@@H]1CC[C@]2(C(=O)O)CC[C@]3(C)C(=CC[C@@H]4[C@@]5(C)CC[C@H](O)C(C)(C)C5CC[C@]43C)[C@H]2[C@]1(C)O. The standard InChI is InChI=1S/C30H48O4/c1-18-10-15-30(24(32)33)17-16-27(5)19(23(30)29(18,7)34)8-9-21-26(4)13-12-22(31)25(2,3)20(26)11-14-28(21,27)6/h8,18,20-23,31,34H,9-17H2,1-7H3,(H,32,33)/t18-,20?,21-,22+,23+,26+,27-,28-,29-,30+/m1/s1. The number of carboxylic acid groups (broad SMARTS) is 1. The molecule has 3 N–H and O–H groups in total. The van der Waals surface area contributed by atoms with Gasteiger partial charge in [-0.05, 0) is 104 Å². The minimum Gasteiger partial charge on any atom is -0.481 e. The summed E-state index contributed by atoms with van der Waals surface area (Å²) in [4.78, 5) is 12.8. The number of carbonyl (C=O) groups is 1. The van der Waals surface area contributed by atoms with Crippen molar-refractivity contribution >= 4 is 5.97 Å². The van der Waals surface area contributed by atoms with Gasteiger partial charge in [0.15, 0.2) is 0 Å². The number of fused-ring (bicyclic) bond motifs is 7. The summed E-state index contributed by atoms with van der Waals surface area (Å²) < 4.78 is 0. The fourth-order valence-electron chi connectivity index (χ4n) is 10.8. The van der Waals surface area contributed by atoms with Crippen LogP contribution in [-0.2, 0) is 4.79 Å². The molecule has 5 aliphatic carbocycles. The van der Waals surface area contributed by atoms with Gasteiger partial charge in [0.2, 0.25) is 0 Å². The van der Waals surface area contributed by atoms with Crippen LogP contribution >= 0.6 is 0 Å². The zero-order valence-corrected chi connectivity index (χ0v) is 22.6. The second-order valence-electron chi connectivity index (χ2n) is 14.7. The number of carboxylic acids is 1.